The van der Waals surface area contributed by atoms with Crippen LogP contribution in [0.1, 0.15) is 25.0 Å². The first-order valence-corrected chi connectivity index (χ1v) is 9.98. The number of nitrogens with one attached hydrogen (secondary N) is 1. The fourth-order valence-corrected chi connectivity index (χ4v) is 2.77. The summed E-state index contributed by atoms with van der Waals surface area (Å²) in [6.07, 6.45) is 1.84. The number of benzene rings is 2. The van der Waals surface area contributed by atoms with E-state index in [0.717, 1.165) is 5.56 Å². The zero-order valence-electron chi connectivity index (χ0n) is 18.2. The Labute approximate surface area is 182 Å². The number of aliphatic hydroxyl groups excluding tert-OH is 1. The van der Waals surface area contributed by atoms with Crippen molar-refractivity contribution in [2.24, 2.45) is 11.0 Å². The maximum Gasteiger partial charge on any atom is 0.254 e. The van der Waals surface area contributed by atoms with Crippen molar-refractivity contribution in [2.75, 3.05) is 18.7 Å². The van der Waals surface area contributed by atoms with E-state index in [9.17, 15) is 19.1 Å². The first kappa shape index (κ1) is 24.0. The Kier molecular flexibility index (Phi) is 8.63. The molecule has 0 heterocycles. The number of aryl methyl sites for hydroxylation is 1. The molecular formula is C24H28FN3O3. The van der Waals surface area contributed by atoms with Crippen molar-refractivity contribution in [3.05, 3.63) is 77.1 Å². The fraction of sp³-hybridized carbons (Fsp3) is 0.292. The van der Waals surface area contributed by atoms with Crippen LogP contribution in [-0.2, 0) is 9.59 Å². The summed E-state index contributed by atoms with van der Waals surface area (Å²) >= 11 is 0. The van der Waals surface area contributed by atoms with Crippen LogP contribution in [0.25, 0.3) is 0 Å². The van der Waals surface area contributed by atoms with Crippen LogP contribution in [-0.4, -0.2) is 42.7 Å². The van der Waals surface area contributed by atoms with E-state index in [2.05, 4.69) is 10.4 Å². The third-order valence-corrected chi connectivity index (χ3v) is 4.79. The van der Waals surface area contributed by atoms with Gasteiger partial charge in [-0.05, 0) is 37.1 Å². The largest absolute Gasteiger partial charge is 0.394 e. The molecule has 2 rings (SSSR count). The number of halogens is 1. The molecule has 0 aliphatic carbocycles. The van der Waals surface area contributed by atoms with Crippen molar-refractivity contribution in [3.8, 4) is 0 Å². The lowest BCUT2D eigenvalue weighted by molar-refractivity contribution is -0.120. The van der Waals surface area contributed by atoms with Crippen LogP contribution in [0, 0.1) is 18.7 Å². The Hall–Kier alpha value is -3.32. The predicted molar refractivity (Wildman–Crippen MR) is 121 cm³/mol. The van der Waals surface area contributed by atoms with E-state index in [1.54, 1.807) is 19.2 Å². The maximum absolute atomic E-state index is 13.6. The zero-order valence-corrected chi connectivity index (χ0v) is 18.2. The van der Waals surface area contributed by atoms with Gasteiger partial charge in [0, 0.05) is 12.6 Å². The zero-order chi connectivity index (χ0) is 23.0. The van der Waals surface area contributed by atoms with Crippen LogP contribution in [0.2, 0.25) is 0 Å². The number of hydrogen-bond acceptors (Lipinski definition) is 5. The van der Waals surface area contributed by atoms with E-state index in [-0.39, 0.29) is 18.1 Å². The molecular weight excluding hydrogens is 397 g/mol. The van der Waals surface area contributed by atoms with Crippen LogP contribution in [0.15, 0.2) is 65.3 Å². The minimum atomic E-state index is -0.601. The quantitative estimate of drug-likeness (QED) is 0.161. The summed E-state index contributed by atoms with van der Waals surface area (Å²) in [4.78, 5) is 24.3. The van der Waals surface area contributed by atoms with Gasteiger partial charge in [-0.1, -0.05) is 49.7 Å². The lowest BCUT2D eigenvalue weighted by Crippen LogP contribution is -2.42. The average Bonchev–Trinajstić information content (AvgIpc) is 2.74. The number of allylic oxidation sites excluding steroid dienone is 1. The fourth-order valence-electron chi connectivity index (χ4n) is 2.77. The summed E-state index contributed by atoms with van der Waals surface area (Å²) in [7, 11) is 1.65. The van der Waals surface area contributed by atoms with Crippen molar-refractivity contribution >= 4 is 23.6 Å². The van der Waals surface area contributed by atoms with Crippen molar-refractivity contribution < 1.29 is 19.1 Å². The number of carbonyl (C=O) groups excluding carboxylic acids is 2. The standard InChI is InChI=1S/C24H28FN3O3/c1-16(2)23(15-30)26-24(31)19(14-29)12-22(18-10-8-17(3)9-11-18)27-28(4)21-7-5-6-20(25)13-21/h5-14,16,23,30H,15H2,1-4H3,(H,26,31)/b19-12+,27-22+. The molecule has 1 unspecified atom stereocenters. The van der Waals surface area contributed by atoms with Gasteiger partial charge in [0.15, 0.2) is 6.29 Å². The van der Waals surface area contributed by atoms with E-state index in [4.69, 9.17) is 0 Å². The summed E-state index contributed by atoms with van der Waals surface area (Å²) in [6.45, 7) is 5.43. The highest BCUT2D eigenvalue weighted by Gasteiger charge is 2.18. The summed E-state index contributed by atoms with van der Waals surface area (Å²) in [5.41, 5.74) is 2.46. The minimum Gasteiger partial charge on any atom is -0.394 e. The average molecular weight is 426 g/mol. The van der Waals surface area contributed by atoms with Gasteiger partial charge in [0.05, 0.1) is 29.6 Å². The summed E-state index contributed by atoms with van der Waals surface area (Å²) in [5.74, 6) is -1.01. The molecule has 0 spiro atoms. The first-order valence-electron chi connectivity index (χ1n) is 9.98. The highest BCUT2D eigenvalue weighted by Crippen LogP contribution is 2.16. The lowest BCUT2D eigenvalue weighted by Gasteiger charge is -2.20. The number of anilines is 1. The normalized spacial score (nSPS) is 13.1. The molecule has 0 aliphatic heterocycles. The highest BCUT2D eigenvalue weighted by atomic mass is 19.1. The van der Waals surface area contributed by atoms with E-state index in [0.29, 0.717) is 23.2 Å². The van der Waals surface area contributed by atoms with Crippen molar-refractivity contribution in [1.29, 1.82) is 0 Å². The SMILES string of the molecule is Cc1ccc(C(/C=C(\C=O)C(=O)NC(CO)C(C)C)=N/N(C)c2cccc(F)c2)cc1. The van der Waals surface area contributed by atoms with Crippen molar-refractivity contribution in [2.45, 2.75) is 26.8 Å². The Morgan fingerprint density at radius 2 is 1.90 bits per heavy atom. The first-order chi connectivity index (χ1) is 14.7. The van der Waals surface area contributed by atoms with Gasteiger partial charge in [0.1, 0.15) is 5.82 Å². The molecule has 0 radical (unpaired) electrons. The van der Waals surface area contributed by atoms with Gasteiger partial charge in [-0.3, -0.25) is 14.6 Å². The second-order valence-electron chi connectivity index (χ2n) is 7.58. The molecule has 0 saturated heterocycles. The molecule has 31 heavy (non-hydrogen) atoms. The van der Waals surface area contributed by atoms with Gasteiger partial charge in [0.2, 0.25) is 0 Å². The number of carbonyl (C=O) groups is 2. The third-order valence-electron chi connectivity index (χ3n) is 4.79. The van der Waals surface area contributed by atoms with Gasteiger partial charge in [-0.2, -0.15) is 5.10 Å². The molecule has 6 nitrogen and oxygen atoms in total. The number of aldehydes is 1. The van der Waals surface area contributed by atoms with Crippen LogP contribution in [0.3, 0.4) is 0 Å². The van der Waals surface area contributed by atoms with E-state index >= 15 is 0 Å². The Morgan fingerprint density at radius 1 is 1.23 bits per heavy atom. The smallest absolute Gasteiger partial charge is 0.254 e. The van der Waals surface area contributed by atoms with Gasteiger partial charge in [-0.15, -0.1) is 0 Å². The molecule has 1 amide bonds. The summed E-state index contributed by atoms with van der Waals surface area (Å²) in [6, 6.07) is 12.9. The number of amides is 1. The van der Waals surface area contributed by atoms with E-state index < -0.39 is 17.8 Å². The van der Waals surface area contributed by atoms with Gasteiger partial charge in [-0.25, -0.2) is 4.39 Å². The van der Waals surface area contributed by atoms with Gasteiger partial charge in [0.25, 0.3) is 5.91 Å². The third kappa shape index (κ3) is 6.86. The number of aliphatic hydroxyl groups is 1. The number of rotatable bonds is 9. The summed E-state index contributed by atoms with van der Waals surface area (Å²) < 4.78 is 13.6. The minimum absolute atomic E-state index is 0.00815. The second kappa shape index (κ2) is 11.2. The molecule has 1 atom stereocenters. The van der Waals surface area contributed by atoms with Crippen LogP contribution < -0.4 is 10.3 Å². The van der Waals surface area contributed by atoms with Crippen LogP contribution in [0.4, 0.5) is 10.1 Å². The Balaban J connectivity index is 2.46. The van der Waals surface area contributed by atoms with Crippen LogP contribution >= 0.6 is 0 Å². The van der Waals surface area contributed by atoms with Gasteiger partial charge >= 0.3 is 0 Å². The summed E-state index contributed by atoms with van der Waals surface area (Å²) in [5, 5.41) is 18.1. The molecule has 164 valence electrons. The van der Waals surface area contributed by atoms with Crippen LogP contribution in [0.5, 0.6) is 0 Å². The number of nitrogens with zero attached hydrogens (tertiary/aromatic N) is 2. The second-order valence-corrected chi connectivity index (χ2v) is 7.58. The molecule has 2 N–H and O–H groups in total. The Bertz CT molecular complexity index is 968. The lowest BCUT2D eigenvalue weighted by atomic mass is 10.0. The molecule has 7 heteroatoms. The molecule has 0 saturated carbocycles. The molecule has 0 fully saturated rings. The van der Waals surface area contributed by atoms with E-state index in [1.807, 2.05) is 45.0 Å². The monoisotopic (exact) mass is 425 g/mol. The Morgan fingerprint density at radius 3 is 2.45 bits per heavy atom. The number of hydrazone groups is 1. The maximum atomic E-state index is 13.6. The van der Waals surface area contributed by atoms with Crippen molar-refractivity contribution in [1.82, 2.24) is 5.32 Å². The molecule has 0 aromatic heterocycles. The van der Waals surface area contributed by atoms with E-state index in [1.165, 1.54) is 23.2 Å². The molecule has 0 aliphatic rings. The number of hydrogen-bond donors (Lipinski definition) is 2. The molecule has 2 aromatic rings. The van der Waals surface area contributed by atoms with Gasteiger partial charge < -0.3 is 10.4 Å². The topological polar surface area (TPSA) is 82.0 Å². The highest BCUT2D eigenvalue weighted by molar-refractivity contribution is 6.19. The van der Waals surface area contributed by atoms with Crippen molar-refractivity contribution in [3.63, 3.8) is 0 Å². The predicted octanol–water partition coefficient (Wildman–Crippen LogP) is 3.23. The molecule has 0 bridgehead atoms. The molecule has 2 aromatic carbocycles.